The Bertz CT molecular complexity index is 948. The molecule has 0 aliphatic carbocycles. The van der Waals surface area contributed by atoms with Crippen LogP contribution in [0, 0.1) is 0 Å². The highest BCUT2D eigenvalue weighted by Gasteiger charge is 2.16. The third kappa shape index (κ3) is 2.44. The van der Waals surface area contributed by atoms with Crippen LogP contribution in [0.2, 0.25) is 0 Å². The smallest absolute Gasteiger partial charge is 0.193 e. The molecule has 4 aromatic rings. The average molecular weight is 298 g/mol. The van der Waals surface area contributed by atoms with Crippen molar-refractivity contribution in [3.63, 3.8) is 0 Å². The van der Waals surface area contributed by atoms with Crippen molar-refractivity contribution in [3.05, 3.63) is 96.1 Å². The summed E-state index contributed by atoms with van der Waals surface area (Å²) in [6.07, 6.45) is 0. The fourth-order valence-corrected chi connectivity index (χ4v) is 2.76. The summed E-state index contributed by atoms with van der Waals surface area (Å²) >= 11 is 0. The molecule has 0 unspecified atom stereocenters. The standard InChI is InChI=1S/C21H14O2/c22-21(15-8-2-1-3-9-15)18-12-6-5-11-17(18)20-14-16-10-4-7-13-19(16)23-20/h1-14H. The van der Waals surface area contributed by atoms with Gasteiger partial charge in [0, 0.05) is 22.1 Å². The molecule has 0 atom stereocenters. The number of hydrogen-bond donors (Lipinski definition) is 0. The van der Waals surface area contributed by atoms with Crippen molar-refractivity contribution in [1.29, 1.82) is 0 Å². The zero-order chi connectivity index (χ0) is 15.6. The van der Waals surface area contributed by atoms with E-state index < -0.39 is 0 Å². The van der Waals surface area contributed by atoms with Crippen LogP contribution in [0.3, 0.4) is 0 Å². The van der Waals surface area contributed by atoms with Gasteiger partial charge in [0.05, 0.1) is 0 Å². The summed E-state index contributed by atoms with van der Waals surface area (Å²) in [5.74, 6) is 0.715. The molecule has 1 aromatic heterocycles. The van der Waals surface area contributed by atoms with Crippen LogP contribution < -0.4 is 0 Å². The largest absolute Gasteiger partial charge is 0.456 e. The number of hydrogen-bond acceptors (Lipinski definition) is 2. The van der Waals surface area contributed by atoms with Crippen LogP contribution in [-0.2, 0) is 0 Å². The van der Waals surface area contributed by atoms with E-state index in [2.05, 4.69) is 0 Å². The molecular formula is C21H14O2. The average Bonchev–Trinajstić information content (AvgIpc) is 3.06. The van der Waals surface area contributed by atoms with Crippen molar-refractivity contribution in [1.82, 2.24) is 0 Å². The quantitative estimate of drug-likeness (QED) is 0.478. The maximum Gasteiger partial charge on any atom is 0.193 e. The molecule has 0 aliphatic heterocycles. The van der Waals surface area contributed by atoms with Crippen LogP contribution in [0.15, 0.2) is 89.3 Å². The number of carbonyl (C=O) groups excluding carboxylic acids is 1. The highest BCUT2D eigenvalue weighted by Crippen LogP contribution is 2.31. The number of carbonyl (C=O) groups is 1. The van der Waals surface area contributed by atoms with Gasteiger partial charge in [-0.1, -0.05) is 72.8 Å². The Labute approximate surface area is 134 Å². The molecule has 110 valence electrons. The SMILES string of the molecule is O=C(c1ccccc1)c1ccccc1-c1cc2ccccc2o1. The second kappa shape index (κ2) is 5.58. The fraction of sp³-hybridized carbons (Fsp3) is 0. The highest BCUT2D eigenvalue weighted by molar-refractivity contribution is 6.12. The van der Waals surface area contributed by atoms with Crippen molar-refractivity contribution >= 4 is 16.8 Å². The molecule has 2 nitrogen and oxygen atoms in total. The summed E-state index contributed by atoms with van der Waals surface area (Å²) in [7, 11) is 0. The Morgan fingerprint density at radius 3 is 2.26 bits per heavy atom. The molecule has 2 heteroatoms. The first-order chi connectivity index (χ1) is 11.3. The molecule has 0 radical (unpaired) electrons. The second-order valence-corrected chi connectivity index (χ2v) is 5.39. The third-order valence-corrected chi connectivity index (χ3v) is 3.90. The molecule has 0 N–H and O–H groups in total. The topological polar surface area (TPSA) is 30.2 Å². The van der Waals surface area contributed by atoms with E-state index in [1.807, 2.05) is 84.9 Å². The van der Waals surface area contributed by atoms with Gasteiger partial charge in [-0.05, 0) is 12.1 Å². The van der Waals surface area contributed by atoms with E-state index >= 15 is 0 Å². The normalized spacial score (nSPS) is 10.8. The van der Waals surface area contributed by atoms with Gasteiger partial charge in [0.2, 0.25) is 0 Å². The lowest BCUT2D eigenvalue weighted by Crippen LogP contribution is -2.02. The summed E-state index contributed by atoms with van der Waals surface area (Å²) in [5, 5.41) is 1.03. The molecule has 0 saturated carbocycles. The molecule has 1 heterocycles. The predicted molar refractivity (Wildman–Crippen MR) is 91.5 cm³/mol. The number of rotatable bonds is 3. The van der Waals surface area contributed by atoms with Gasteiger partial charge in [-0.2, -0.15) is 0 Å². The van der Waals surface area contributed by atoms with Gasteiger partial charge in [0.1, 0.15) is 11.3 Å². The number of ketones is 1. The van der Waals surface area contributed by atoms with Crippen LogP contribution in [0.1, 0.15) is 15.9 Å². The van der Waals surface area contributed by atoms with Gasteiger partial charge >= 0.3 is 0 Å². The van der Waals surface area contributed by atoms with E-state index in [1.54, 1.807) is 0 Å². The Morgan fingerprint density at radius 1 is 0.739 bits per heavy atom. The molecule has 0 aliphatic rings. The van der Waals surface area contributed by atoms with Gasteiger partial charge in [-0.25, -0.2) is 0 Å². The number of benzene rings is 3. The van der Waals surface area contributed by atoms with Gasteiger partial charge < -0.3 is 4.42 Å². The van der Waals surface area contributed by atoms with E-state index in [4.69, 9.17) is 4.42 Å². The van der Waals surface area contributed by atoms with E-state index in [9.17, 15) is 4.79 Å². The predicted octanol–water partition coefficient (Wildman–Crippen LogP) is 5.33. The van der Waals surface area contributed by atoms with Gasteiger partial charge in [-0.15, -0.1) is 0 Å². The maximum atomic E-state index is 12.8. The first kappa shape index (κ1) is 13.5. The molecule has 0 amide bonds. The zero-order valence-electron chi connectivity index (χ0n) is 12.4. The first-order valence-corrected chi connectivity index (χ1v) is 7.51. The Balaban J connectivity index is 1.85. The first-order valence-electron chi connectivity index (χ1n) is 7.51. The summed E-state index contributed by atoms with van der Waals surface area (Å²) in [5.41, 5.74) is 2.97. The van der Waals surface area contributed by atoms with Crippen molar-refractivity contribution in [2.75, 3.05) is 0 Å². The maximum absolute atomic E-state index is 12.8. The van der Waals surface area contributed by atoms with Gasteiger partial charge in [-0.3, -0.25) is 4.79 Å². The molecule has 3 aromatic carbocycles. The van der Waals surface area contributed by atoms with Crippen molar-refractivity contribution in [3.8, 4) is 11.3 Å². The summed E-state index contributed by atoms with van der Waals surface area (Å²) < 4.78 is 5.93. The minimum atomic E-state index is 0.00153. The molecule has 23 heavy (non-hydrogen) atoms. The summed E-state index contributed by atoms with van der Waals surface area (Å²) in [4.78, 5) is 12.8. The lowest BCUT2D eigenvalue weighted by Gasteiger charge is -2.06. The van der Waals surface area contributed by atoms with Crippen LogP contribution in [-0.4, -0.2) is 5.78 Å². The monoisotopic (exact) mass is 298 g/mol. The molecule has 0 fully saturated rings. The van der Waals surface area contributed by atoms with Crippen LogP contribution in [0.5, 0.6) is 0 Å². The minimum Gasteiger partial charge on any atom is -0.456 e. The number of furan rings is 1. The Hall–Kier alpha value is -3.13. The molecule has 0 spiro atoms. The van der Waals surface area contributed by atoms with E-state index in [0.717, 1.165) is 16.5 Å². The zero-order valence-corrected chi connectivity index (χ0v) is 12.4. The van der Waals surface area contributed by atoms with Gasteiger partial charge in [0.25, 0.3) is 0 Å². The van der Waals surface area contributed by atoms with Crippen LogP contribution in [0.25, 0.3) is 22.3 Å². The number of fused-ring (bicyclic) bond motifs is 1. The fourth-order valence-electron chi connectivity index (χ4n) is 2.76. The minimum absolute atomic E-state index is 0.00153. The Morgan fingerprint density at radius 2 is 1.43 bits per heavy atom. The molecule has 4 rings (SSSR count). The Kier molecular flexibility index (Phi) is 3.28. The summed E-state index contributed by atoms with van der Waals surface area (Å²) in [6.45, 7) is 0. The van der Waals surface area contributed by atoms with Crippen molar-refractivity contribution in [2.45, 2.75) is 0 Å². The highest BCUT2D eigenvalue weighted by atomic mass is 16.3. The van der Waals surface area contributed by atoms with E-state index in [-0.39, 0.29) is 5.78 Å². The van der Waals surface area contributed by atoms with Crippen LogP contribution in [0.4, 0.5) is 0 Å². The van der Waals surface area contributed by atoms with Crippen LogP contribution >= 0.6 is 0 Å². The molecular weight excluding hydrogens is 284 g/mol. The molecule has 0 saturated heterocycles. The lowest BCUT2D eigenvalue weighted by atomic mass is 9.97. The van der Waals surface area contributed by atoms with Crippen molar-refractivity contribution in [2.24, 2.45) is 0 Å². The lowest BCUT2D eigenvalue weighted by molar-refractivity contribution is 0.103. The van der Waals surface area contributed by atoms with Crippen molar-refractivity contribution < 1.29 is 9.21 Å². The van der Waals surface area contributed by atoms with Gasteiger partial charge in [0.15, 0.2) is 5.78 Å². The molecule has 0 bridgehead atoms. The van der Waals surface area contributed by atoms with E-state index in [0.29, 0.717) is 16.9 Å². The number of para-hydroxylation sites is 1. The second-order valence-electron chi connectivity index (χ2n) is 5.39. The summed E-state index contributed by atoms with van der Waals surface area (Å²) in [6, 6.07) is 26.7. The van der Waals surface area contributed by atoms with E-state index in [1.165, 1.54) is 0 Å². The third-order valence-electron chi connectivity index (χ3n) is 3.90.